The van der Waals surface area contributed by atoms with Crippen LogP contribution in [0.5, 0.6) is 0 Å². The third-order valence-electron chi connectivity index (χ3n) is 4.98. The van der Waals surface area contributed by atoms with Crippen LogP contribution in [0, 0.1) is 23.0 Å². The number of aryl methyl sites for hydroxylation is 1. The number of benzene rings is 2. The van der Waals surface area contributed by atoms with Crippen LogP contribution in [0.15, 0.2) is 54.6 Å². The average Bonchev–Trinajstić information content (AvgIpc) is 3.04. The number of hydrogen-bond donors (Lipinski definition) is 1. The van der Waals surface area contributed by atoms with Gasteiger partial charge in [0, 0.05) is 23.7 Å². The Kier molecular flexibility index (Phi) is 3.18. The lowest BCUT2D eigenvalue weighted by atomic mass is 9.76. The molecule has 2 aromatic carbocycles. The molecule has 3 unspecified atom stereocenters. The minimum absolute atomic E-state index is 0.140. The van der Waals surface area contributed by atoms with E-state index in [9.17, 15) is 10.1 Å². The molecule has 0 bridgehead atoms. The Hall–Kier alpha value is -2.62. The van der Waals surface area contributed by atoms with Gasteiger partial charge < -0.3 is 5.32 Å². The molecule has 4 rings (SSSR count). The SMILES string of the molecule is Cc1ccc2c(c1)C1C=CCC1C(c1ccc([N+](=O)[O-])cc1)N2. The Morgan fingerprint density at radius 2 is 1.96 bits per heavy atom. The lowest BCUT2D eigenvalue weighted by Crippen LogP contribution is -2.29. The van der Waals surface area contributed by atoms with Gasteiger partial charge in [-0.2, -0.15) is 0 Å². The normalized spacial score (nSPS) is 24.7. The van der Waals surface area contributed by atoms with Crippen molar-refractivity contribution in [1.82, 2.24) is 0 Å². The summed E-state index contributed by atoms with van der Waals surface area (Å²) in [7, 11) is 0. The van der Waals surface area contributed by atoms with E-state index in [4.69, 9.17) is 0 Å². The molecule has 3 atom stereocenters. The number of nitro groups is 1. The van der Waals surface area contributed by atoms with Gasteiger partial charge in [-0.3, -0.25) is 10.1 Å². The van der Waals surface area contributed by atoms with Crippen LogP contribution in [0.4, 0.5) is 11.4 Å². The molecule has 0 fully saturated rings. The highest BCUT2D eigenvalue weighted by molar-refractivity contribution is 5.60. The van der Waals surface area contributed by atoms with Crippen LogP contribution in [0.3, 0.4) is 0 Å². The molecule has 0 radical (unpaired) electrons. The fourth-order valence-electron chi connectivity index (χ4n) is 3.85. The summed E-state index contributed by atoms with van der Waals surface area (Å²) in [6.07, 6.45) is 5.60. The summed E-state index contributed by atoms with van der Waals surface area (Å²) in [6.45, 7) is 2.12. The van der Waals surface area contributed by atoms with E-state index in [-0.39, 0.29) is 16.7 Å². The first kappa shape index (κ1) is 14.0. The van der Waals surface area contributed by atoms with Gasteiger partial charge >= 0.3 is 0 Å². The van der Waals surface area contributed by atoms with E-state index in [2.05, 4.69) is 42.6 Å². The van der Waals surface area contributed by atoms with Crippen molar-refractivity contribution in [2.24, 2.45) is 5.92 Å². The van der Waals surface area contributed by atoms with Gasteiger partial charge in [-0.05, 0) is 36.5 Å². The highest BCUT2D eigenvalue weighted by Crippen LogP contribution is 2.49. The minimum atomic E-state index is -0.351. The Bertz CT molecular complexity index is 796. The van der Waals surface area contributed by atoms with Gasteiger partial charge in [0.25, 0.3) is 5.69 Å². The Morgan fingerprint density at radius 1 is 1.17 bits per heavy atom. The van der Waals surface area contributed by atoms with E-state index in [0.717, 1.165) is 12.0 Å². The van der Waals surface area contributed by atoms with Gasteiger partial charge in [-0.1, -0.05) is 42.0 Å². The second kappa shape index (κ2) is 5.23. The second-order valence-corrected chi connectivity index (χ2v) is 6.41. The lowest BCUT2D eigenvalue weighted by molar-refractivity contribution is -0.384. The van der Waals surface area contributed by atoms with E-state index in [1.165, 1.54) is 16.8 Å². The first-order valence-electron chi connectivity index (χ1n) is 7.91. The quantitative estimate of drug-likeness (QED) is 0.496. The first-order valence-corrected chi connectivity index (χ1v) is 7.91. The van der Waals surface area contributed by atoms with Crippen molar-refractivity contribution in [1.29, 1.82) is 0 Å². The Balaban J connectivity index is 1.73. The van der Waals surface area contributed by atoms with E-state index >= 15 is 0 Å². The first-order chi connectivity index (χ1) is 11.1. The van der Waals surface area contributed by atoms with Crippen molar-refractivity contribution >= 4 is 11.4 Å². The molecule has 2 aliphatic rings. The maximum atomic E-state index is 10.8. The molecule has 116 valence electrons. The number of rotatable bonds is 2. The maximum Gasteiger partial charge on any atom is 0.269 e. The molecule has 0 saturated heterocycles. The van der Waals surface area contributed by atoms with Crippen molar-refractivity contribution in [3.05, 3.63) is 81.4 Å². The van der Waals surface area contributed by atoms with Crippen molar-refractivity contribution in [2.45, 2.75) is 25.3 Å². The highest BCUT2D eigenvalue weighted by Gasteiger charge is 2.37. The second-order valence-electron chi connectivity index (χ2n) is 6.41. The topological polar surface area (TPSA) is 55.2 Å². The van der Waals surface area contributed by atoms with Gasteiger partial charge in [0.1, 0.15) is 0 Å². The third kappa shape index (κ3) is 2.31. The van der Waals surface area contributed by atoms with Crippen LogP contribution in [-0.4, -0.2) is 4.92 Å². The Morgan fingerprint density at radius 3 is 2.70 bits per heavy atom. The molecule has 1 aliphatic carbocycles. The van der Waals surface area contributed by atoms with E-state index in [1.807, 2.05) is 12.1 Å². The fraction of sp³-hybridized carbons (Fsp3) is 0.263. The summed E-state index contributed by atoms with van der Waals surface area (Å²) in [4.78, 5) is 10.5. The summed E-state index contributed by atoms with van der Waals surface area (Å²) in [5, 5.41) is 14.5. The number of anilines is 1. The van der Waals surface area contributed by atoms with Gasteiger partial charge in [-0.25, -0.2) is 0 Å². The summed E-state index contributed by atoms with van der Waals surface area (Å²) in [5.41, 5.74) is 5.06. The summed E-state index contributed by atoms with van der Waals surface area (Å²) >= 11 is 0. The highest BCUT2D eigenvalue weighted by atomic mass is 16.6. The van der Waals surface area contributed by atoms with Crippen molar-refractivity contribution in [2.75, 3.05) is 5.32 Å². The Labute approximate surface area is 135 Å². The smallest absolute Gasteiger partial charge is 0.269 e. The molecule has 0 spiro atoms. The van der Waals surface area contributed by atoms with Crippen LogP contribution in [0.1, 0.15) is 35.1 Å². The number of nitro benzene ring substituents is 1. The zero-order chi connectivity index (χ0) is 16.0. The summed E-state index contributed by atoms with van der Waals surface area (Å²) < 4.78 is 0. The monoisotopic (exact) mass is 306 g/mol. The molecular weight excluding hydrogens is 288 g/mol. The molecule has 1 N–H and O–H groups in total. The number of nitrogens with one attached hydrogen (secondary N) is 1. The molecule has 23 heavy (non-hydrogen) atoms. The number of hydrogen-bond acceptors (Lipinski definition) is 3. The molecule has 4 heteroatoms. The van der Waals surface area contributed by atoms with Crippen LogP contribution in [0.25, 0.3) is 0 Å². The molecule has 0 saturated carbocycles. The molecule has 4 nitrogen and oxygen atoms in total. The van der Waals surface area contributed by atoms with Crippen molar-refractivity contribution < 1.29 is 4.92 Å². The maximum absolute atomic E-state index is 10.8. The number of non-ortho nitro benzene ring substituents is 1. The average molecular weight is 306 g/mol. The molecular formula is C19H18N2O2. The molecule has 1 aliphatic heterocycles. The van der Waals surface area contributed by atoms with Gasteiger partial charge in [0.15, 0.2) is 0 Å². The van der Waals surface area contributed by atoms with Gasteiger partial charge in [0.05, 0.1) is 11.0 Å². The lowest BCUT2D eigenvalue weighted by Gasteiger charge is -2.37. The molecule has 1 heterocycles. The zero-order valence-electron chi connectivity index (χ0n) is 12.9. The molecule has 2 aromatic rings. The van der Waals surface area contributed by atoms with Crippen LogP contribution in [-0.2, 0) is 0 Å². The fourth-order valence-corrected chi connectivity index (χ4v) is 3.85. The van der Waals surface area contributed by atoms with Crippen LogP contribution in [0.2, 0.25) is 0 Å². The molecule has 0 amide bonds. The predicted molar refractivity (Wildman–Crippen MR) is 90.6 cm³/mol. The van der Waals surface area contributed by atoms with Gasteiger partial charge in [0.2, 0.25) is 0 Å². The van der Waals surface area contributed by atoms with E-state index in [1.54, 1.807) is 12.1 Å². The van der Waals surface area contributed by atoms with Crippen molar-refractivity contribution in [3.63, 3.8) is 0 Å². The standard InChI is InChI=1S/C19H18N2O2/c1-12-5-10-18-17(11-12)15-3-2-4-16(15)19(20-18)13-6-8-14(9-7-13)21(22)23/h2-3,5-11,15-16,19-20H,4H2,1H3. The minimum Gasteiger partial charge on any atom is -0.378 e. The number of fused-ring (bicyclic) bond motifs is 3. The van der Waals surface area contributed by atoms with Crippen molar-refractivity contribution in [3.8, 4) is 0 Å². The summed E-state index contributed by atoms with van der Waals surface area (Å²) in [5.74, 6) is 0.886. The summed E-state index contributed by atoms with van der Waals surface area (Å²) in [6, 6.07) is 13.7. The third-order valence-corrected chi connectivity index (χ3v) is 4.98. The van der Waals surface area contributed by atoms with E-state index < -0.39 is 0 Å². The predicted octanol–water partition coefficient (Wildman–Crippen LogP) is 4.73. The van der Waals surface area contributed by atoms with Gasteiger partial charge in [-0.15, -0.1) is 0 Å². The van der Waals surface area contributed by atoms with E-state index in [0.29, 0.717) is 11.8 Å². The van der Waals surface area contributed by atoms with Crippen LogP contribution < -0.4 is 5.32 Å². The number of nitrogens with zero attached hydrogens (tertiary/aromatic N) is 1. The van der Waals surface area contributed by atoms with Crippen LogP contribution >= 0.6 is 0 Å². The number of allylic oxidation sites excluding steroid dienone is 2. The zero-order valence-corrected chi connectivity index (χ0v) is 12.9. The largest absolute Gasteiger partial charge is 0.378 e. The molecule has 0 aromatic heterocycles.